The molecule has 0 aliphatic heterocycles. The second-order valence-corrected chi connectivity index (χ2v) is 4.87. The number of halogens is 1. The average molecular weight is 275 g/mol. The molecule has 0 unspecified atom stereocenters. The number of carbonyl (C=O) groups excluding carboxylic acids is 1. The fraction of sp³-hybridized carbons (Fsp3) is 0.133. The van der Waals surface area contributed by atoms with Gasteiger partial charge in [0.15, 0.2) is 0 Å². The number of nitrogen functional groups attached to an aromatic ring is 1. The maximum absolute atomic E-state index is 12.2. The van der Waals surface area contributed by atoms with Gasteiger partial charge in [-0.05, 0) is 49.2 Å². The summed E-state index contributed by atoms with van der Waals surface area (Å²) in [5, 5.41) is 3.44. The summed E-state index contributed by atoms with van der Waals surface area (Å²) in [6.45, 7) is 3.74. The predicted molar refractivity (Wildman–Crippen MR) is 79.7 cm³/mol. The third kappa shape index (κ3) is 2.88. The lowest BCUT2D eigenvalue weighted by atomic mass is 10.1. The number of rotatable bonds is 2. The van der Waals surface area contributed by atoms with E-state index in [9.17, 15) is 4.79 Å². The van der Waals surface area contributed by atoms with Crippen LogP contribution in [-0.2, 0) is 0 Å². The third-order valence-corrected chi connectivity index (χ3v) is 3.30. The molecule has 0 aliphatic rings. The van der Waals surface area contributed by atoms with Crippen LogP contribution in [0.1, 0.15) is 21.5 Å². The van der Waals surface area contributed by atoms with Crippen LogP contribution in [0.5, 0.6) is 0 Å². The fourth-order valence-corrected chi connectivity index (χ4v) is 1.99. The molecule has 2 aromatic carbocycles. The van der Waals surface area contributed by atoms with E-state index in [1.807, 2.05) is 19.9 Å². The molecule has 4 heteroatoms. The van der Waals surface area contributed by atoms with Crippen LogP contribution in [-0.4, -0.2) is 5.91 Å². The second kappa shape index (κ2) is 5.33. The Hall–Kier alpha value is -2.00. The molecule has 0 fully saturated rings. The first-order chi connectivity index (χ1) is 8.99. The Balaban J connectivity index is 2.31. The van der Waals surface area contributed by atoms with E-state index < -0.39 is 0 Å². The van der Waals surface area contributed by atoms with Gasteiger partial charge in [-0.1, -0.05) is 23.7 Å². The van der Waals surface area contributed by atoms with Crippen molar-refractivity contribution in [1.82, 2.24) is 0 Å². The topological polar surface area (TPSA) is 55.1 Å². The van der Waals surface area contributed by atoms with Crippen molar-refractivity contribution in [2.45, 2.75) is 13.8 Å². The monoisotopic (exact) mass is 274 g/mol. The zero-order chi connectivity index (χ0) is 14.0. The number of anilines is 2. The normalized spacial score (nSPS) is 10.3. The number of aryl methyl sites for hydroxylation is 1. The number of amides is 1. The number of hydrogen-bond acceptors (Lipinski definition) is 2. The van der Waals surface area contributed by atoms with Crippen LogP contribution >= 0.6 is 11.6 Å². The molecule has 0 aromatic heterocycles. The minimum Gasteiger partial charge on any atom is -0.398 e. The van der Waals surface area contributed by atoms with Crippen molar-refractivity contribution in [3.05, 3.63) is 58.1 Å². The van der Waals surface area contributed by atoms with Crippen LogP contribution in [0.4, 0.5) is 11.4 Å². The van der Waals surface area contributed by atoms with Crippen molar-refractivity contribution in [2.75, 3.05) is 11.1 Å². The molecular weight excluding hydrogens is 260 g/mol. The van der Waals surface area contributed by atoms with Crippen LogP contribution in [0.15, 0.2) is 36.4 Å². The molecule has 0 bridgehead atoms. The molecule has 3 N–H and O–H groups in total. The van der Waals surface area contributed by atoms with Gasteiger partial charge in [0.05, 0.1) is 0 Å². The molecule has 1 amide bonds. The Morgan fingerprint density at radius 3 is 2.68 bits per heavy atom. The summed E-state index contributed by atoms with van der Waals surface area (Å²) >= 11 is 5.93. The Labute approximate surface area is 117 Å². The predicted octanol–water partition coefficient (Wildman–Crippen LogP) is 3.79. The number of hydrogen-bond donors (Lipinski definition) is 2. The quantitative estimate of drug-likeness (QED) is 0.819. The van der Waals surface area contributed by atoms with Gasteiger partial charge < -0.3 is 11.1 Å². The van der Waals surface area contributed by atoms with E-state index in [1.165, 1.54) is 0 Å². The molecule has 2 aromatic rings. The number of carbonyl (C=O) groups is 1. The van der Waals surface area contributed by atoms with Crippen molar-refractivity contribution in [3.63, 3.8) is 0 Å². The van der Waals surface area contributed by atoms with E-state index in [1.54, 1.807) is 30.3 Å². The Morgan fingerprint density at radius 2 is 1.95 bits per heavy atom. The summed E-state index contributed by atoms with van der Waals surface area (Å²) in [6, 6.07) is 10.7. The van der Waals surface area contributed by atoms with E-state index in [-0.39, 0.29) is 5.91 Å². The molecule has 0 radical (unpaired) electrons. The van der Waals surface area contributed by atoms with Gasteiger partial charge in [0, 0.05) is 22.0 Å². The first-order valence-corrected chi connectivity index (χ1v) is 6.29. The number of nitrogens with two attached hydrogens (primary N) is 1. The average Bonchev–Trinajstić information content (AvgIpc) is 2.37. The van der Waals surface area contributed by atoms with Gasteiger partial charge in [0.25, 0.3) is 5.91 Å². The zero-order valence-electron chi connectivity index (χ0n) is 10.8. The third-order valence-electron chi connectivity index (χ3n) is 3.07. The van der Waals surface area contributed by atoms with E-state index in [0.29, 0.717) is 22.0 Å². The van der Waals surface area contributed by atoms with Crippen molar-refractivity contribution < 1.29 is 4.79 Å². The SMILES string of the molecule is Cc1ccc(Cl)cc1NC(=O)c1cccc(N)c1C. The first-order valence-electron chi connectivity index (χ1n) is 5.91. The van der Waals surface area contributed by atoms with Crippen molar-refractivity contribution in [2.24, 2.45) is 0 Å². The molecule has 0 saturated heterocycles. The molecule has 19 heavy (non-hydrogen) atoms. The summed E-state index contributed by atoms with van der Waals surface area (Å²) in [6.07, 6.45) is 0. The molecule has 0 spiro atoms. The molecule has 0 aliphatic carbocycles. The maximum atomic E-state index is 12.2. The van der Waals surface area contributed by atoms with Crippen LogP contribution in [0.2, 0.25) is 5.02 Å². The van der Waals surface area contributed by atoms with Gasteiger partial charge in [0.1, 0.15) is 0 Å². The lowest BCUT2D eigenvalue weighted by Gasteiger charge is -2.11. The summed E-state index contributed by atoms with van der Waals surface area (Å²) in [4.78, 5) is 12.2. The lowest BCUT2D eigenvalue weighted by Crippen LogP contribution is -2.14. The van der Waals surface area contributed by atoms with Crippen molar-refractivity contribution >= 4 is 28.9 Å². The van der Waals surface area contributed by atoms with Crippen LogP contribution < -0.4 is 11.1 Å². The summed E-state index contributed by atoms with van der Waals surface area (Å²) in [7, 11) is 0. The van der Waals surface area contributed by atoms with Crippen LogP contribution in [0, 0.1) is 13.8 Å². The molecule has 98 valence electrons. The molecule has 3 nitrogen and oxygen atoms in total. The van der Waals surface area contributed by atoms with Gasteiger partial charge in [-0.2, -0.15) is 0 Å². The molecular formula is C15H15ClN2O. The minimum absolute atomic E-state index is 0.185. The Kier molecular flexibility index (Phi) is 3.76. The highest BCUT2D eigenvalue weighted by molar-refractivity contribution is 6.31. The van der Waals surface area contributed by atoms with E-state index in [2.05, 4.69) is 5.32 Å². The highest BCUT2D eigenvalue weighted by atomic mass is 35.5. The van der Waals surface area contributed by atoms with Crippen molar-refractivity contribution in [1.29, 1.82) is 0 Å². The zero-order valence-corrected chi connectivity index (χ0v) is 11.6. The maximum Gasteiger partial charge on any atom is 0.256 e. The molecule has 0 saturated carbocycles. The minimum atomic E-state index is -0.185. The highest BCUT2D eigenvalue weighted by Crippen LogP contribution is 2.22. The first kappa shape index (κ1) is 13.4. The largest absolute Gasteiger partial charge is 0.398 e. The van der Waals surface area contributed by atoms with E-state index in [0.717, 1.165) is 11.1 Å². The van der Waals surface area contributed by atoms with Gasteiger partial charge in [-0.15, -0.1) is 0 Å². The van der Waals surface area contributed by atoms with Crippen LogP contribution in [0.3, 0.4) is 0 Å². The Morgan fingerprint density at radius 1 is 1.21 bits per heavy atom. The van der Waals surface area contributed by atoms with E-state index in [4.69, 9.17) is 17.3 Å². The smallest absolute Gasteiger partial charge is 0.256 e. The molecule has 0 heterocycles. The van der Waals surface area contributed by atoms with Gasteiger partial charge >= 0.3 is 0 Å². The van der Waals surface area contributed by atoms with Gasteiger partial charge in [-0.25, -0.2) is 0 Å². The summed E-state index contributed by atoms with van der Waals surface area (Å²) in [5.41, 5.74) is 9.42. The molecule has 0 atom stereocenters. The molecule has 2 rings (SSSR count). The summed E-state index contributed by atoms with van der Waals surface area (Å²) in [5.74, 6) is -0.185. The highest BCUT2D eigenvalue weighted by Gasteiger charge is 2.11. The summed E-state index contributed by atoms with van der Waals surface area (Å²) < 4.78 is 0. The van der Waals surface area contributed by atoms with Crippen LogP contribution in [0.25, 0.3) is 0 Å². The Bertz CT molecular complexity index is 638. The van der Waals surface area contributed by atoms with Crippen molar-refractivity contribution in [3.8, 4) is 0 Å². The van der Waals surface area contributed by atoms with E-state index >= 15 is 0 Å². The number of nitrogens with one attached hydrogen (secondary N) is 1. The standard InChI is InChI=1S/C15H15ClN2O/c1-9-6-7-11(16)8-14(9)18-15(19)12-4-3-5-13(17)10(12)2/h3-8H,17H2,1-2H3,(H,18,19). The van der Waals surface area contributed by atoms with Gasteiger partial charge in [0.2, 0.25) is 0 Å². The second-order valence-electron chi connectivity index (χ2n) is 4.43. The fourth-order valence-electron chi connectivity index (χ4n) is 1.82. The lowest BCUT2D eigenvalue weighted by molar-refractivity contribution is 0.102. The van der Waals surface area contributed by atoms with Gasteiger partial charge in [-0.3, -0.25) is 4.79 Å². The number of benzene rings is 2.